The van der Waals surface area contributed by atoms with Crippen LogP contribution in [-0.2, 0) is 25.9 Å². The fourth-order valence-electron chi connectivity index (χ4n) is 2.87. The number of carbonyl (C=O) groups excluding carboxylic acids is 1. The van der Waals surface area contributed by atoms with E-state index >= 15 is 0 Å². The number of amidine groups is 1. The number of aliphatic imine (C=N–C) groups is 1. The molecule has 0 saturated carbocycles. The molecule has 2 saturated heterocycles. The maximum atomic E-state index is 11.9. The zero-order valence-corrected chi connectivity index (χ0v) is 15.4. The summed E-state index contributed by atoms with van der Waals surface area (Å²) in [4.78, 5) is 17.8. The first-order chi connectivity index (χ1) is 11.4. The smallest absolute Gasteiger partial charge is 0.274 e. The third kappa shape index (κ3) is 3.93. The van der Waals surface area contributed by atoms with Gasteiger partial charge in [0.05, 0.1) is 17.5 Å². The van der Waals surface area contributed by atoms with Crippen LogP contribution in [0.15, 0.2) is 29.3 Å². The summed E-state index contributed by atoms with van der Waals surface area (Å²) in [6.45, 7) is 0.395. The van der Waals surface area contributed by atoms with E-state index in [9.17, 15) is 13.2 Å². The van der Waals surface area contributed by atoms with Gasteiger partial charge in [-0.05, 0) is 17.7 Å². The summed E-state index contributed by atoms with van der Waals surface area (Å²) in [7, 11) is -1.61. The molecule has 1 aromatic carbocycles. The van der Waals surface area contributed by atoms with Gasteiger partial charge >= 0.3 is 0 Å². The molecular formula is C15H17ClN2O4S2. The minimum Gasteiger partial charge on any atom is -0.375 e. The summed E-state index contributed by atoms with van der Waals surface area (Å²) in [5, 5.41) is 1.12. The van der Waals surface area contributed by atoms with E-state index in [1.165, 1.54) is 18.9 Å². The van der Waals surface area contributed by atoms with E-state index in [2.05, 4.69) is 4.99 Å². The van der Waals surface area contributed by atoms with Gasteiger partial charge in [0.1, 0.15) is 6.61 Å². The van der Waals surface area contributed by atoms with Crippen molar-refractivity contribution in [2.24, 2.45) is 4.99 Å². The van der Waals surface area contributed by atoms with E-state index in [1.54, 1.807) is 12.1 Å². The van der Waals surface area contributed by atoms with Gasteiger partial charge in [0.15, 0.2) is 15.0 Å². The lowest BCUT2D eigenvalue weighted by molar-refractivity contribution is -0.121. The number of rotatable bonds is 4. The van der Waals surface area contributed by atoms with Crippen LogP contribution in [0.4, 0.5) is 0 Å². The second-order valence-electron chi connectivity index (χ2n) is 5.78. The molecule has 0 spiro atoms. The topological polar surface area (TPSA) is 76.0 Å². The molecule has 2 atom stereocenters. The zero-order chi connectivity index (χ0) is 17.3. The summed E-state index contributed by atoms with van der Waals surface area (Å²) < 4.78 is 28.7. The number of hydrogen-bond acceptors (Lipinski definition) is 5. The second kappa shape index (κ2) is 7.03. The van der Waals surface area contributed by atoms with Crippen LogP contribution < -0.4 is 0 Å². The van der Waals surface area contributed by atoms with Crippen molar-refractivity contribution in [2.75, 3.05) is 25.2 Å². The van der Waals surface area contributed by atoms with Crippen molar-refractivity contribution in [3.8, 4) is 0 Å². The van der Waals surface area contributed by atoms with E-state index in [-0.39, 0.29) is 35.3 Å². The minimum atomic E-state index is -3.05. The summed E-state index contributed by atoms with van der Waals surface area (Å²) >= 11 is 7.27. The van der Waals surface area contributed by atoms with E-state index < -0.39 is 9.84 Å². The number of nitrogens with zero attached hydrogens (tertiary/aromatic N) is 2. The fraction of sp³-hybridized carbons (Fsp3) is 0.467. The summed E-state index contributed by atoms with van der Waals surface area (Å²) in [5.41, 5.74) is 0.983. The molecule has 0 aliphatic carbocycles. The first kappa shape index (κ1) is 17.7. The molecule has 2 fully saturated rings. The van der Waals surface area contributed by atoms with E-state index in [1.807, 2.05) is 17.0 Å². The number of sulfone groups is 1. The normalized spacial score (nSPS) is 26.8. The van der Waals surface area contributed by atoms with Crippen LogP contribution in [0.3, 0.4) is 0 Å². The Hall–Kier alpha value is -1.09. The van der Waals surface area contributed by atoms with Gasteiger partial charge in [0.25, 0.3) is 5.91 Å². The van der Waals surface area contributed by atoms with Crippen LogP contribution in [0.5, 0.6) is 0 Å². The molecule has 0 N–H and O–H groups in total. The highest BCUT2D eigenvalue weighted by molar-refractivity contribution is 8.15. The van der Waals surface area contributed by atoms with E-state index in [0.29, 0.717) is 16.7 Å². The molecule has 24 heavy (non-hydrogen) atoms. The van der Waals surface area contributed by atoms with Gasteiger partial charge in [0, 0.05) is 23.9 Å². The van der Waals surface area contributed by atoms with Crippen molar-refractivity contribution in [2.45, 2.75) is 17.8 Å². The molecule has 0 aromatic heterocycles. The van der Waals surface area contributed by atoms with Crippen LogP contribution in [0.2, 0.25) is 5.02 Å². The third-order valence-corrected chi connectivity index (χ3v) is 7.43. The number of fused-ring (bicyclic) bond motifs is 1. The number of methoxy groups -OCH3 is 1. The van der Waals surface area contributed by atoms with Gasteiger partial charge in [0.2, 0.25) is 0 Å². The lowest BCUT2D eigenvalue weighted by Crippen LogP contribution is -2.37. The Morgan fingerprint density at radius 3 is 2.75 bits per heavy atom. The summed E-state index contributed by atoms with van der Waals surface area (Å²) in [5.74, 6) is -0.156. The van der Waals surface area contributed by atoms with Gasteiger partial charge < -0.3 is 9.64 Å². The molecule has 130 valence electrons. The molecule has 0 radical (unpaired) electrons. The van der Waals surface area contributed by atoms with Crippen molar-refractivity contribution >= 4 is 44.3 Å². The number of carbonyl (C=O) groups is 1. The molecular weight excluding hydrogens is 372 g/mol. The highest BCUT2D eigenvalue weighted by Crippen LogP contribution is 2.39. The van der Waals surface area contributed by atoms with Crippen LogP contribution in [0.25, 0.3) is 0 Å². The predicted octanol–water partition coefficient (Wildman–Crippen LogP) is 1.58. The van der Waals surface area contributed by atoms with Crippen molar-refractivity contribution in [3.05, 3.63) is 34.9 Å². The number of amides is 1. The van der Waals surface area contributed by atoms with Gasteiger partial charge in [-0.3, -0.25) is 4.79 Å². The number of ether oxygens (including phenoxy) is 1. The molecule has 1 aromatic rings. The highest BCUT2D eigenvalue weighted by Gasteiger charge is 2.48. The highest BCUT2D eigenvalue weighted by atomic mass is 35.5. The van der Waals surface area contributed by atoms with E-state index in [0.717, 1.165) is 5.56 Å². The largest absolute Gasteiger partial charge is 0.375 e. The molecule has 3 rings (SSSR count). The Bertz CT molecular complexity index is 764. The third-order valence-electron chi connectivity index (χ3n) is 3.93. The SMILES string of the molecule is COCC(=O)N=C1S[C@@H]2CS(=O)(=O)C[C@@H]2N1Cc1ccc(Cl)cc1. The predicted molar refractivity (Wildman–Crippen MR) is 95.1 cm³/mol. The van der Waals surface area contributed by atoms with Crippen molar-refractivity contribution in [1.29, 1.82) is 0 Å². The monoisotopic (exact) mass is 388 g/mol. The average Bonchev–Trinajstić information content (AvgIpc) is 2.95. The molecule has 0 unspecified atom stereocenters. The van der Waals surface area contributed by atoms with Crippen molar-refractivity contribution in [1.82, 2.24) is 4.90 Å². The number of halogens is 1. The molecule has 2 aliphatic heterocycles. The van der Waals surface area contributed by atoms with Crippen LogP contribution in [-0.4, -0.2) is 60.9 Å². The van der Waals surface area contributed by atoms with Crippen molar-refractivity contribution in [3.63, 3.8) is 0 Å². The summed E-state index contributed by atoms with van der Waals surface area (Å²) in [6.07, 6.45) is 0. The fourth-order valence-corrected chi connectivity index (χ4v) is 6.96. The quantitative estimate of drug-likeness (QED) is 0.779. The average molecular weight is 389 g/mol. The Morgan fingerprint density at radius 2 is 2.08 bits per heavy atom. The van der Waals surface area contributed by atoms with Gasteiger partial charge in [-0.1, -0.05) is 35.5 Å². The Balaban J connectivity index is 1.86. The molecule has 0 bridgehead atoms. The number of hydrogen-bond donors (Lipinski definition) is 0. The van der Waals surface area contributed by atoms with Crippen LogP contribution in [0, 0.1) is 0 Å². The first-order valence-electron chi connectivity index (χ1n) is 7.36. The Labute approximate surface area is 150 Å². The lowest BCUT2D eigenvalue weighted by Gasteiger charge is -2.24. The summed E-state index contributed by atoms with van der Waals surface area (Å²) in [6, 6.07) is 7.19. The molecule has 1 amide bonds. The first-order valence-corrected chi connectivity index (χ1v) is 10.4. The Kier molecular flexibility index (Phi) is 5.19. The standard InChI is InChI=1S/C15H17ClN2O4S2/c1-22-7-14(19)17-15-18(6-10-2-4-11(16)5-3-10)12-8-24(20,21)9-13(12)23-15/h2-5,12-13H,6-9H2,1H3/t12-,13+/m0/s1. The van der Waals surface area contributed by atoms with Gasteiger partial charge in [-0.25, -0.2) is 8.42 Å². The van der Waals surface area contributed by atoms with Crippen LogP contribution >= 0.6 is 23.4 Å². The molecule has 2 aliphatic rings. The number of benzene rings is 1. The minimum absolute atomic E-state index is 0.0867. The maximum Gasteiger partial charge on any atom is 0.274 e. The second-order valence-corrected chi connectivity index (χ2v) is 9.57. The van der Waals surface area contributed by atoms with Crippen LogP contribution in [0.1, 0.15) is 5.56 Å². The van der Waals surface area contributed by atoms with E-state index in [4.69, 9.17) is 16.3 Å². The maximum absolute atomic E-state index is 11.9. The van der Waals surface area contributed by atoms with Gasteiger partial charge in [-0.2, -0.15) is 4.99 Å². The lowest BCUT2D eigenvalue weighted by atomic mass is 10.1. The Morgan fingerprint density at radius 1 is 1.38 bits per heavy atom. The number of thioether (sulfide) groups is 1. The molecule has 2 heterocycles. The van der Waals surface area contributed by atoms with Crippen molar-refractivity contribution < 1.29 is 17.9 Å². The van der Waals surface area contributed by atoms with Gasteiger partial charge in [-0.15, -0.1) is 0 Å². The molecule has 9 heteroatoms. The zero-order valence-electron chi connectivity index (χ0n) is 13.0. The molecule has 6 nitrogen and oxygen atoms in total.